The molecule has 1 N–H and O–H groups in total. The number of hydrogen-bond acceptors (Lipinski definition) is 2. The fourth-order valence-corrected chi connectivity index (χ4v) is 3.54. The average molecular weight is 210 g/mol. The molecule has 2 saturated carbocycles. The van der Waals surface area contributed by atoms with Gasteiger partial charge in [-0.1, -0.05) is 13.8 Å². The third-order valence-corrected chi connectivity index (χ3v) is 4.39. The molecule has 2 heteroatoms. The van der Waals surface area contributed by atoms with Gasteiger partial charge in [-0.15, -0.1) is 0 Å². The van der Waals surface area contributed by atoms with Gasteiger partial charge < -0.3 is 5.32 Å². The Balaban J connectivity index is 2.04. The Kier molecular flexibility index (Phi) is 3.36. The molecule has 4 unspecified atom stereocenters. The van der Waals surface area contributed by atoms with Gasteiger partial charge in [0.05, 0.1) is 0 Å². The van der Waals surface area contributed by atoms with Crippen LogP contribution in [0.3, 0.4) is 0 Å². The Bertz CT molecular complexity index is 213. The summed E-state index contributed by atoms with van der Waals surface area (Å²) in [5.74, 6) is 1.73. The lowest BCUT2D eigenvalue weighted by molar-refractivity contribution is 0.0782. The second-order valence-electron chi connectivity index (χ2n) is 5.84. The Morgan fingerprint density at radius 1 is 1.13 bits per heavy atom. The first-order valence-electron chi connectivity index (χ1n) is 6.52. The first-order valence-corrected chi connectivity index (χ1v) is 6.52. The highest BCUT2D eigenvalue weighted by Gasteiger charge is 2.40. The first-order chi connectivity index (χ1) is 7.13. The van der Waals surface area contributed by atoms with Gasteiger partial charge >= 0.3 is 0 Å². The van der Waals surface area contributed by atoms with Crippen molar-refractivity contribution in [3.8, 4) is 0 Å². The third-order valence-electron chi connectivity index (χ3n) is 4.39. The SMILES string of the molecule is CNC1CC(C)CC(C)C1N(C)C1CC1. The van der Waals surface area contributed by atoms with E-state index in [4.69, 9.17) is 0 Å². The Morgan fingerprint density at radius 2 is 1.80 bits per heavy atom. The lowest BCUT2D eigenvalue weighted by Gasteiger charge is -2.44. The molecule has 0 amide bonds. The molecule has 4 atom stereocenters. The second kappa shape index (κ2) is 4.42. The summed E-state index contributed by atoms with van der Waals surface area (Å²) in [5.41, 5.74) is 0. The van der Waals surface area contributed by atoms with E-state index in [2.05, 4.69) is 38.2 Å². The van der Waals surface area contributed by atoms with Crippen molar-refractivity contribution in [1.29, 1.82) is 0 Å². The first kappa shape index (κ1) is 11.4. The van der Waals surface area contributed by atoms with E-state index in [0.29, 0.717) is 6.04 Å². The molecule has 15 heavy (non-hydrogen) atoms. The van der Waals surface area contributed by atoms with Gasteiger partial charge in [0.25, 0.3) is 0 Å². The monoisotopic (exact) mass is 210 g/mol. The minimum atomic E-state index is 0.703. The second-order valence-corrected chi connectivity index (χ2v) is 5.84. The molecule has 0 spiro atoms. The van der Waals surface area contributed by atoms with Crippen LogP contribution in [0, 0.1) is 11.8 Å². The van der Waals surface area contributed by atoms with Crippen molar-refractivity contribution in [2.75, 3.05) is 14.1 Å². The molecule has 2 rings (SSSR count). The Labute approximate surface area is 94.4 Å². The van der Waals surface area contributed by atoms with Crippen molar-refractivity contribution >= 4 is 0 Å². The van der Waals surface area contributed by atoms with Crippen LogP contribution in [0.4, 0.5) is 0 Å². The molecule has 0 aromatic carbocycles. The van der Waals surface area contributed by atoms with Crippen LogP contribution in [-0.4, -0.2) is 37.1 Å². The molecule has 2 fully saturated rings. The molecule has 2 aliphatic carbocycles. The van der Waals surface area contributed by atoms with E-state index >= 15 is 0 Å². The predicted molar refractivity (Wildman–Crippen MR) is 65.0 cm³/mol. The molecule has 0 heterocycles. The van der Waals surface area contributed by atoms with E-state index in [1.807, 2.05) is 0 Å². The minimum Gasteiger partial charge on any atom is -0.315 e. The summed E-state index contributed by atoms with van der Waals surface area (Å²) in [6, 6.07) is 2.36. The van der Waals surface area contributed by atoms with Crippen LogP contribution in [-0.2, 0) is 0 Å². The fraction of sp³-hybridized carbons (Fsp3) is 1.00. The maximum absolute atomic E-state index is 3.54. The molecule has 0 bridgehead atoms. The van der Waals surface area contributed by atoms with Crippen molar-refractivity contribution < 1.29 is 0 Å². The van der Waals surface area contributed by atoms with Crippen LogP contribution < -0.4 is 5.32 Å². The maximum Gasteiger partial charge on any atom is 0.0274 e. The zero-order valence-electron chi connectivity index (χ0n) is 10.7. The summed E-state index contributed by atoms with van der Waals surface area (Å²) in [6.45, 7) is 4.83. The summed E-state index contributed by atoms with van der Waals surface area (Å²) in [5, 5.41) is 3.54. The quantitative estimate of drug-likeness (QED) is 0.767. The summed E-state index contributed by atoms with van der Waals surface area (Å²) < 4.78 is 0. The van der Waals surface area contributed by atoms with Crippen LogP contribution in [0.2, 0.25) is 0 Å². The van der Waals surface area contributed by atoms with E-state index in [1.54, 1.807) is 0 Å². The highest BCUT2D eigenvalue weighted by atomic mass is 15.2. The maximum atomic E-state index is 3.54. The molecule has 0 saturated heterocycles. The van der Waals surface area contributed by atoms with E-state index in [0.717, 1.165) is 23.9 Å². The van der Waals surface area contributed by atoms with Gasteiger partial charge in [-0.25, -0.2) is 0 Å². The number of nitrogens with zero attached hydrogens (tertiary/aromatic N) is 1. The molecule has 0 aromatic rings. The fourth-order valence-electron chi connectivity index (χ4n) is 3.54. The van der Waals surface area contributed by atoms with Crippen molar-refractivity contribution in [3.05, 3.63) is 0 Å². The van der Waals surface area contributed by atoms with Gasteiger partial charge in [0.2, 0.25) is 0 Å². The van der Waals surface area contributed by atoms with Crippen LogP contribution in [0.15, 0.2) is 0 Å². The molecule has 0 aliphatic heterocycles. The molecule has 0 aromatic heterocycles. The topological polar surface area (TPSA) is 15.3 Å². The average Bonchev–Trinajstić information content (AvgIpc) is 2.98. The molecular weight excluding hydrogens is 184 g/mol. The molecule has 2 aliphatic rings. The van der Waals surface area contributed by atoms with Crippen molar-refractivity contribution in [3.63, 3.8) is 0 Å². The standard InChI is InChI=1S/C13H26N2/c1-9-7-10(2)13(12(8-9)14-3)15(4)11-5-6-11/h9-14H,5-8H2,1-4H3. The van der Waals surface area contributed by atoms with E-state index in [1.165, 1.54) is 25.7 Å². The lowest BCUT2D eigenvalue weighted by Crippen LogP contribution is -2.55. The van der Waals surface area contributed by atoms with Gasteiger partial charge in [0.15, 0.2) is 0 Å². The van der Waals surface area contributed by atoms with Gasteiger partial charge in [0, 0.05) is 18.1 Å². The Hall–Kier alpha value is -0.0800. The van der Waals surface area contributed by atoms with Crippen LogP contribution in [0.5, 0.6) is 0 Å². The summed E-state index contributed by atoms with van der Waals surface area (Å²) in [7, 11) is 4.46. The van der Waals surface area contributed by atoms with Gasteiger partial charge in [-0.05, 0) is 51.6 Å². The summed E-state index contributed by atoms with van der Waals surface area (Å²) >= 11 is 0. The van der Waals surface area contributed by atoms with Crippen molar-refractivity contribution in [1.82, 2.24) is 10.2 Å². The summed E-state index contributed by atoms with van der Waals surface area (Å²) in [6.07, 6.45) is 5.60. The van der Waals surface area contributed by atoms with Gasteiger partial charge in [0.1, 0.15) is 0 Å². The normalized spacial score (nSPS) is 42.2. The van der Waals surface area contributed by atoms with Crippen molar-refractivity contribution in [2.45, 2.75) is 57.7 Å². The molecule has 0 radical (unpaired) electrons. The van der Waals surface area contributed by atoms with E-state index < -0.39 is 0 Å². The lowest BCUT2D eigenvalue weighted by atomic mass is 9.76. The summed E-state index contributed by atoms with van der Waals surface area (Å²) in [4.78, 5) is 2.65. The van der Waals surface area contributed by atoms with E-state index in [-0.39, 0.29) is 0 Å². The van der Waals surface area contributed by atoms with Crippen molar-refractivity contribution in [2.24, 2.45) is 11.8 Å². The number of likely N-dealkylation sites (N-methyl/N-ethyl adjacent to an activating group) is 2. The predicted octanol–water partition coefficient (Wildman–Crippen LogP) is 2.10. The number of nitrogens with one attached hydrogen (secondary N) is 1. The van der Waals surface area contributed by atoms with Crippen LogP contribution in [0.1, 0.15) is 39.5 Å². The zero-order chi connectivity index (χ0) is 11.0. The van der Waals surface area contributed by atoms with Gasteiger partial charge in [-0.2, -0.15) is 0 Å². The largest absolute Gasteiger partial charge is 0.315 e. The number of rotatable bonds is 3. The third kappa shape index (κ3) is 2.36. The van der Waals surface area contributed by atoms with Crippen LogP contribution in [0.25, 0.3) is 0 Å². The minimum absolute atomic E-state index is 0.703. The number of hydrogen-bond donors (Lipinski definition) is 1. The highest BCUT2D eigenvalue weighted by Crippen LogP contribution is 2.36. The van der Waals surface area contributed by atoms with E-state index in [9.17, 15) is 0 Å². The zero-order valence-corrected chi connectivity index (χ0v) is 10.7. The smallest absolute Gasteiger partial charge is 0.0274 e. The highest BCUT2D eigenvalue weighted by molar-refractivity contribution is 4.97. The van der Waals surface area contributed by atoms with Crippen LogP contribution >= 0.6 is 0 Å². The molecule has 88 valence electrons. The molecular formula is C13H26N2. The van der Waals surface area contributed by atoms with Gasteiger partial charge in [-0.3, -0.25) is 4.90 Å². The Morgan fingerprint density at radius 3 is 2.33 bits per heavy atom. The molecule has 2 nitrogen and oxygen atoms in total.